The van der Waals surface area contributed by atoms with E-state index in [4.69, 9.17) is 0 Å². The van der Waals surface area contributed by atoms with E-state index in [2.05, 4.69) is 11.0 Å². The van der Waals surface area contributed by atoms with Gasteiger partial charge < -0.3 is 5.32 Å². The maximum atomic E-state index is 11.9. The maximum absolute atomic E-state index is 11.9. The first-order chi connectivity index (χ1) is 9.75. The van der Waals surface area contributed by atoms with Crippen LogP contribution in [0.5, 0.6) is 0 Å². The lowest BCUT2D eigenvalue weighted by Gasteiger charge is -2.03. The Hall–Kier alpha value is -2.57. The molecule has 0 unspecified atom stereocenters. The van der Waals surface area contributed by atoms with Crippen LogP contribution in [0.25, 0.3) is 6.08 Å². The van der Waals surface area contributed by atoms with Crippen LogP contribution >= 0.6 is 0 Å². The van der Waals surface area contributed by atoms with Crippen molar-refractivity contribution < 1.29 is 4.79 Å². The van der Waals surface area contributed by atoms with Crippen molar-refractivity contribution >= 4 is 12.0 Å². The van der Waals surface area contributed by atoms with Crippen LogP contribution in [0.2, 0.25) is 0 Å². The van der Waals surface area contributed by atoms with Crippen molar-refractivity contribution in [1.29, 1.82) is 0 Å². The molecule has 0 radical (unpaired) electrons. The van der Waals surface area contributed by atoms with E-state index >= 15 is 0 Å². The van der Waals surface area contributed by atoms with Crippen LogP contribution in [0, 0.1) is 0 Å². The Morgan fingerprint density at radius 1 is 1.05 bits per heavy atom. The average Bonchev–Trinajstić information content (AvgIpc) is 2.52. The zero-order chi connectivity index (χ0) is 14.2. The van der Waals surface area contributed by atoms with Crippen molar-refractivity contribution in [1.82, 2.24) is 5.32 Å². The summed E-state index contributed by atoms with van der Waals surface area (Å²) in [5, 5.41) is 2.88. The molecule has 0 fully saturated rings. The van der Waals surface area contributed by atoms with Crippen LogP contribution in [-0.4, -0.2) is 5.91 Å². The van der Waals surface area contributed by atoms with Crippen molar-refractivity contribution in [2.45, 2.75) is 13.5 Å². The van der Waals surface area contributed by atoms with Gasteiger partial charge in [0.05, 0.1) is 5.57 Å². The summed E-state index contributed by atoms with van der Waals surface area (Å²) >= 11 is 0. The second-order valence-corrected chi connectivity index (χ2v) is 4.49. The van der Waals surface area contributed by atoms with Crippen LogP contribution in [0.4, 0.5) is 0 Å². The van der Waals surface area contributed by atoms with E-state index in [0.717, 1.165) is 11.1 Å². The number of benzene rings is 2. The zero-order valence-electron chi connectivity index (χ0n) is 11.5. The Labute approximate surface area is 119 Å². The molecule has 0 bridgehead atoms. The lowest BCUT2D eigenvalue weighted by Crippen LogP contribution is -2.23. The highest BCUT2D eigenvalue weighted by Crippen LogP contribution is 2.02. The highest BCUT2D eigenvalue weighted by molar-refractivity contribution is 5.93. The molecule has 0 aliphatic rings. The van der Waals surface area contributed by atoms with Crippen molar-refractivity contribution in [3.63, 3.8) is 0 Å². The predicted octanol–water partition coefficient (Wildman–Crippen LogP) is 3.56. The minimum Gasteiger partial charge on any atom is -0.348 e. The van der Waals surface area contributed by atoms with E-state index < -0.39 is 0 Å². The van der Waals surface area contributed by atoms with Crippen LogP contribution in [0.3, 0.4) is 0 Å². The molecule has 0 aliphatic heterocycles. The molecule has 100 valence electrons. The smallest absolute Gasteiger partial charge is 0.254 e. The van der Waals surface area contributed by atoms with Gasteiger partial charge in [-0.25, -0.2) is 0 Å². The molecular formula is C18H17NO. The van der Waals surface area contributed by atoms with E-state index in [1.807, 2.05) is 66.7 Å². The number of carbonyl (C=O) groups is 1. The van der Waals surface area contributed by atoms with Gasteiger partial charge in [0.25, 0.3) is 5.91 Å². The van der Waals surface area contributed by atoms with Crippen LogP contribution in [-0.2, 0) is 11.3 Å². The molecule has 1 N–H and O–H groups in total. The fourth-order valence-electron chi connectivity index (χ4n) is 1.72. The minimum absolute atomic E-state index is 0.0963. The number of amides is 1. The Bertz CT molecular complexity index is 623. The van der Waals surface area contributed by atoms with E-state index in [1.54, 1.807) is 6.92 Å². The Kier molecular flexibility index (Phi) is 4.94. The predicted molar refractivity (Wildman–Crippen MR) is 81.9 cm³/mol. The molecule has 2 heteroatoms. The summed E-state index contributed by atoms with van der Waals surface area (Å²) < 4.78 is 0. The van der Waals surface area contributed by atoms with E-state index in [-0.39, 0.29) is 5.91 Å². The van der Waals surface area contributed by atoms with Gasteiger partial charge in [0.2, 0.25) is 0 Å². The summed E-state index contributed by atoms with van der Waals surface area (Å²) in [5.41, 5.74) is 5.70. The topological polar surface area (TPSA) is 29.1 Å². The van der Waals surface area contributed by atoms with Gasteiger partial charge in [-0.15, -0.1) is 5.73 Å². The number of hydrogen-bond acceptors (Lipinski definition) is 1. The van der Waals surface area contributed by atoms with E-state index in [9.17, 15) is 4.79 Å². The molecule has 0 aliphatic carbocycles. The Morgan fingerprint density at radius 2 is 1.65 bits per heavy atom. The minimum atomic E-state index is -0.0963. The van der Waals surface area contributed by atoms with Gasteiger partial charge in [0.1, 0.15) is 0 Å². The molecule has 0 heterocycles. The summed E-state index contributed by atoms with van der Waals surface area (Å²) in [6.45, 7) is 2.30. The van der Waals surface area contributed by atoms with Gasteiger partial charge in [0.15, 0.2) is 0 Å². The van der Waals surface area contributed by atoms with Gasteiger partial charge in [-0.05, 0) is 24.1 Å². The van der Waals surface area contributed by atoms with Crippen LogP contribution in [0.1, 0.15) is 18.1 Å². The third kappa shape index (κ3) is 4.27. The van der Waals surface area contributed by atoms with Gasteiger partial charge >= 0.3 is 0 Å². The van der Waals surface area contributed by atoms with E-state index in [0.29, 0.717) is 12.1 Å². The Balaban J connectivity index is 1.97. The molecular weight excluding hydrogens is 246 g/mol. The second-order valence-electron chi connectivity index (χ2n) is 4.49. The van der Waals surface area contributed by atoms with Gasteiger partial charge in [-0.1, -0.05) is 60.7 Å². The summed E-state index contributed by atoms with van der Waals surface area (Å²) in [6.07, 6.45) is 1.82. The lowest BCUT2D eigenvalue weighted by atomic mass is 10.2. The first-order valence-electron chi connectivity index (χ1n) is 6.56. The zero-order valence-corrected chi connectivity index (χ0v) is 11.5. The highest BCUT2D eigenvalue weighted by Gasteiger charge is 2.02. The molecule has 20 heavy (non-hydrogen) atoms. The fraction of sp³-hybridized carbons (Fsp3) is 0.111. The summed E-state index contributed by atoms with van der Waals surface area (Å²) in [4.78, 5) is 11.9. The van der Waals surface area contributed by atoms with Gasteiger partial charge in [0, 0.05) is 6.54 Å². The molecule has 2 aromatic rings. The number of nitrogens with one attached hydrogen (secondary N) is 1. The molecule has 0 saturated heterocycles. The largest absolute Gasteiger partial charge is 0.348 e. The van der Waals surface area contributed by atoms with Crippen LogP contribution < -0.4 is 5.32 Å². The third-order valence-corrected chi connectivity index (χ3v) is 2.89. The molecule has 0 saturated carbocycles. The lowest BCUT2D eigenvalue weighted by molar-refractivity contribution is -0.117. The summed E-state index contributed by atoms with van der Waals surface area (Å²) in [7, 11) is 0. The maximum Gasteiger partial charge on any atom is 0.254 e. The second kappa shape index (κ2) is 7.13. The van der Waals surface area contributed by atoms with Gasteiger partial charge in [-0.2, -0.15) is 0 Å². The van der Waals surface area contributed by atoms with Gasteiger partial charge in [-0.3, -0.25) is 4.79 Å². The third-order valence-electron chi connectivity index (χ3n) is 2.89. The molecule has 2 rings (SSSR count). The normalized spacial score (nSPS) is 9.45. The van der Waals surface area contributed by atoms with E-state index in [1.165, 1.54) is 0 Å². The molecule has 2 nitrogen and oxygen atoms in total. The number of rotatable bonds is 4. The average molecular weight is 263 g/mol. The highest BCUT2D eigenvalue weighted by atomic mass is 16.1. The van der Waals surface area contributed by atoms with Crippen LogP contribution in [0.15, 0.2) is 72.0 Å². The molecule has 0 atom stereocenters. The monoisotopic (exact) mass is 263 g/mol. The molecule has 2 aromatic carbocycles. The van der Waals surface area contributed by atoms with Crippen molar-refractivity contribution in [2.75, 3.05) is 0 Å². The standard InChI is InChI=1S/C18H17NO/c1-15(12-13-16-8-4-2-5-9-16)18(20)19-14-17-10-6-3-7-11-17/h2-11,13H,14H2,1H3,(H,19,20). The molecule has 0 spiro atoms. The molecule has 0 aromatic heterocycles. The quantitative estimate of drug-likeness (QED) is 0.663. The fourth-order valence-corrected chi connectivity index (χ4v) is 1.72. The van der Waals surface area contributed by atoms with Crippen molar-refractivity contribution in [3.8, 4) is 0 Å². The summed E-state index contributed by atoms with van der Waals surface area (Å²) in [5.74, 6) is -0.0963. The van der Waals surface area contributed by atoms with Crippen molar-refractivity contribution in [2.24, 2.45) is 0 Å². The van der Waals surface area contributed by atoms with Crippen molar-refractivity contribution in [3.05, 3.63) is 83.1 Å². The first kappa shape index (κ1) is 13.9. The summed E-state index contributed by atoms with van der Waals surface area (Å²) in [6, 6.07) is 19.7. The first-order valence-corrected chi connectivity index (χ1v) is 6.56. The SMILES string of the molecule is CC(=C=Cc1ccccc1)C(=O)NCc1ccccc1. The number of carbonyl (C=O) groups excluding carboxylic acids is 1. The Morgan fingerprint density at radius 3 is 2.30 bits per heavy atom. The number of hydrogen-bond donors (Lipinski definition) is 1. The molecule has 1 amide bonds.